The average molecular weight is 141 g/mol. The van der Waals surface area contributed by atoms with Crippen molar-refractivity contribution in [3.63, 3.8) is 0 Å². The summed E-state index contributed by atoms with van der Waals surface area (Å²) in [4.78, 5) is 10.5. The van der Waals surface area contributed by atoms with E-state index in [1.54, 1.807) is 6.08 Å². The standard InChI is InChI=1S/C7H11NO2/c1-3-7(2)5-10-6(9)4-8-7/h3,8H,1,4-5H2,2H3/t7-/m0/s1. The fraction of sp³-hybridized carbons (Fsp3) is 0.571. The zero-order valence-corrected chi connectivity index (χ0v) is 6.02. The van der Waals surface area contributed by atoms with E-state index in [0.29, 0.717) is 6.61 Å². The first-order chi connectivity index (χ1) is 4.66. The van der Waals surface area contributed by atoms with E-state index >= 15 is 0 Å². The van der Waals surface area contributed by atoms with Gasteiger partial charge in [-0.3, -0.25) is 10.1 Å². The zero-order valence-electron chi connectivity index (χ0n) is 6.02. The number of carbonyl (C=O) groups is 1. The SMILES string of the molecule is C=C[C@@]1(C)COC(=O)CN1. The van der Waals surface area contributed by atoms with Gasteiger partial charge in [0.1, 0.15) is 6.61 Å². The van der Waals surface area contributed by atoms with E-state index in [9.17, 15) is 4.79 Å². The molecular formula is C7H11NO2. The van der Waals surface area contributed by atoms with Crippen molar-refractivity contribution in [3.05, 3.63) is 12.7 Å². The van der Waals surface area contributed by atoms with Crippen molar-refractivity contribution in [1.29, 1.82) is 0 Å². The van der Waals surface area contributed by atoms with Crippen molar-refractivity contribution in [1.82, 2.24) is 5.32 Å². The Balaban J connectivity index is 2.53. The quantitative estimate of drug-likeness (QED) is 0.415. The van der Waals surface area contributed by atoms with Crippen LogP contribution in [-0.2, 0) is 9.53 Å². The Bertz CT molecular complexity index is 155. The first-order valence-corrected chi connectivity index (χ1v) is 3.20. The van der Waals surface area contributed by atoms with Crippen LogP contribution in [0.4, 0.5) is 0 Å². The second kappa shape index (κ2) is 2.42. The minimum absolute atomic E-state index is 0.195. The van der Waals surface area contributed by atoms with Gasteiger partial charge in [0.25, 0.3) is 0 Å². The monoisotopic (exact) mass is 141 g/mol. The van der Waals surface area contributed by atoms with Crippen LogP contribution in [0.2, 0.25) is 0 Å². The summed E-state index contributed by atoms with van der Waals surface area (Å²) in [6.45, 7) is 6.23. The molecule has 0 aliphatic carbocycles. The predicted molar refractivity (Wildman–Crippen MR) is 37.6 cm³/mol. The molecule has 56 valence electrons. The highest BCUT2D eigenvalue weighted by Crippen LogP contribution is 2.08. The Morgan fingerprint density at radius 3 is 3.00 bits per heavy atom. The van der Waals surface area contributed by atoms with Gasteiger partial charge in [-0.05, 0) is 6.92 Å². The summed E-state index contributed by atoms with van der Waals surface area (Å²) in [6, 6.07) is 0. The van der Waals surface area contributed by atoms with Crippen LogP contribution in [0.15, 0.2) is 12.7 Å². The Morgan fingerprint density at radius 2 is 2.60 bits per heavy atom. The van der Waals surface area contributed by atoms with Gasteiger partial charge in [-0.1, -0.05) is 6.08 Å². The fourth-order valence-corrected chi connectivity index (χ4v) is 0.738. The highest BCUT2D eigenvalue weighted by atomic mass is 16.5. The number of hydrogen-bond acceptors (Lipinski definition) is 3. The van der Waals surface area contributed by atoms with Crippen molar-refractivity contribution in [3.8, 4) is 0 Å². The molecule has 3 nitrogen and oxygen atoms in total. The second-order valence-electron chi connectivity index (χ2n) is 2.64. The van der Waals surface area contributed by atoms with Gasteiger partial charge >= 0.3 is 5.97 Å². The normalized spacial score (nSPS) is 33.1. The molecule has 0 radical (unpaired) electrons. The molecule has 0 aromatic rings. The van der Waals surface area contributed by atoms with E-state index < -0.39 is 0 Å². The van der Waals surface area contributed by atoms with Gasteiger partial charge in [-0.25, -0.2) is 0 Å². The van der Waals surface area contributed by atoms with Gasteiger partial charge in [0.2, 0.25) is 0 Å². The lowest BCUT2D eigenvalue weighted by molar-refractivity contribution is -0.148. The molecule has 0 bridgehead atoms. The van der Waals surface area contributed by atoms with Crippen molar-refractivity contribution in [2.24, 2.45) is 0 Å². The summed E-state index contributed by atoms with van der Waals surface area (Å²) in [5.41, 5.74) is -0.228. The molecule has 0 amide bonds. The smallest absolute Gasteiger partial charge is 0.320 e. The maximum absolute atomic E-state index is 10.5. The van der Waals surface area contributed by atoms with Gasteiger partial charge in [-0.2, -0.15) is 0 Å². The van der Waals surface area contributed by atoms with E-state index in [1.807, 2.05) is 6.92 Å². The van der Waals surface area contributed by atoms with Gasteiger partial charge < -0.3 is 4.74 Å². The molecule has 0 aromatic heterocycles. The molecule has 1 saturated heterocycles. The molecule has 0 saturated carbocycles. The first-order valence-electron chi connectivity index (χ1n) is 3.20. The number of ether oxygens (including phenoxy) is 1. The van der Waals surface area contributed by atoms with Crippen LogP contribution in [0.25, 0.3) is 0 Å². The summed E-state index contributed by atoms with van der Waals surface area (Å²) in [5.74, 6) is -0.195. The largest absolute Gasteiger partial charge is 0.462 e. The van der Waals surface area contributed by atoms with Gasteiger partial charge in [0, 0.05) is 0 Å². The molecule has 1 aliphatic rings. The molecule has 3 heteroatoms. The molecule has 1 fully saturated rings. The van der Waals surface area contributed by atoms with Gasteiger partial charge in [-0.15, -0.1) is 6.58 Å². The molecule has 0 spiro atoms. The predicted octanol–water partition coefficient (Wildman–Crippen LogP) is 0.0775. The van der Waals surface area contributed by atoms with E-state index in [4.69, 9.17) is 4.74 Å². The van der Waals surface area contributed by atoms with Gasteiger partial charge in [0.05, 0.1) is 12.1 Å². The number of rotatable bonds is 1. The third kappa shape index (κ3) is 1.36. The topological polar surface area (TPSA) is 38.3 Å². The minimum Gasteiger partial charge on any atom is -0.462 e. The zero-order chi connectivity index (χ0) is 7.61. The van der Waals surface area contributed by atoms with Crippen LogP contribution in [-0.4, -0.2) is 24.7 Å². The summed E-state index contributed by atoms with van der Waals surface area (Å²) in [5, 5.41) is 3.00. The minimum atomic E-state index is -0.228. The van der Waals surface area contributed by atoms with Gasteiger partial charge in [0.15, 0.2) is 0 Å². The Morgan fingerprint density at radius 1 is 1.90 bits per heavy atom. The van der Waals surface area contributed by atoms with E-state index in [-0.39, 0.29) is 18.1 Å². The summed E-state index contributed by atoms with van der Waals surface area (Å²) < 4.78 is 4.81. The Kier molecular flexibility index (Phi) is 1.76. The molecule has 0 unspecified atom stereocenters. The lowest BCUT2D eigenvalue weighted by Gasteiger charge is -2.30. The summed E-state index contributed by atoms with van der Waals surface area (Å²) in [7, 11) is 0. The van der Waals surface area contributed by atoms with E-state index in [1.165, 1.54) is 0 Å². The molecule has 1 rings (SSSR count). The lowest BCUT2D eigenvalue weighted by atomic mass is 10.0. The molecule has 1 N–H and O–H groups in total. The molecule has 0 aromatic carbocycles. The maximum Gasteiger partial charge on any atom is 0.320 e. The van der Waals surface area contributed by atoms with Crippen LogP contribution in [0.1, 0.15) is 6.92 Å². The molecular weight excluding hydrogens is 130 g/mol. The van der Waals surface area contributed by atoms with Crippen molar-refractivity contribution < 1.29 is 9.53 Å². The molecule has 10 heavy (non-hydrogen) atoms. The number of morpholine rings is 1. The lowest BCUT2D eigenvalue weighted by Crippen LogP contribution is -2.52. The Hall–Kier alpha value is -0.830. The molecule has 1 atom stereocenters. The summed E-state index contributed by atoms with van der Waals surface area (Å²) >= 11 is 0. The van der Waals surface area contributed by atoms with Crippen molar-refractivity contribution >= 4 is 5.97 Å². The van der Waals surface area contributed by atoms with Crippen LogP contribution in [0.5, 0.6) is 0 Å². The highest BCUT2D eigenvalue weighted by Gasteiger charge is 2.27. The van der Waals surface area contributed by atoms with Crippen molar-refractivity contribution in [2.45, 2.75) is 12.5 Å². The first kappa shape index (κ1) is 7.28. The van der Waals surface area contributed by atoms with Crippen LogP contribution in [0, 0.1) is 0 Å². The van der Waals surface area contributed by atoms with Crippen LogP contribution < -0.4 is 5.32 Å². The molecule has 1 heterocycles. The fourth-order valence-electron chi connectivity index (χ4n) is 0.738. The van der Waals surface area contributed by atoms with Crippen molar-refractivity contribution in [2.75, 3.05) is 13.2 Å². The summed E-state index contributed by atoms with van der Waals surface area (Å²) in [6.07, 6.45) is 1.75. The average Bonchev–Trinajstić information content (AvgIpc) is 1.96. The number of carbonyl (C=O) groups excluding carboxylic acids is 1. The third-order valence-electron chi connectivity index (χ3n) is 1.62. The van der Waals surface area contributed by atoms with Crippen LogP contribution >= 0.6 is 0 Å². The van der Waals surface area contributed by atoms with E-state index in [2.05, 4.69) is 11.9 Å². The number of hydrogen-bond donors (Lipinski definition) is 1. The highest BCUT2D eigenvalue weighted by molar-refractivity contribution is 5.72. The number of nitrogens with one attached hydrogen (secondary N) is 1. The number of cyclic esters (lactones) is 1. The Labute approximate surface area is 60.1 Å². The number of esters is 1. The molecule has 1 aliphatic heterocycles. The third-order valence-corrected chi connectivity index (χ3v) is 1.62. The second-order valence-corrected chi connectivity index (χ2v) is 2.64. The van der Waals surface area contributed by atoms with Crippen LogP contribution in [0.3, 0.4) is 0 Å². The maximum atomic E-state index is 10.5. The van der Waals surface area contributed by atoms with E-state index in [0.717, 1.165) is 0 Å².